The second kappa shape index (κ2) is 3.21. The van der Waals surface area contributed by atoms with Gasteiger partial charge < -0.3 is 0 Å². The first-order valence-corrected chi connectivity index (χ1v) is 5.20. The summed E-state index contributed by atoms with van der Waals surface area (Å²) in [6, 6.07) is 0.759. The van der Waals surface area contributed by atoms with Gasteiger partial charge in [-0.2, -0.15) is 0 Å². The Bertz CT molecular complexity index is 185. The van der Waals surface area contributed by atoms with Crippen LogP contribution in [0, 0.1) is 11.8 Å². The summed E-state index contributed by atoms with van der Waals surface area (Å²) in [4.78, 5) is 2.52. The molecule has 1 fully saturated rings. The van der Waals surface area contributed by atoms with Crippen LogP contribution in [-0.4, -0.2) is 24.5 Å². The van der Waals surface area contributed by atoms with Crippen molar-refractivity contribution in [3.63, 3.8) is 0 Å². The van der Waals surface area contributed by atoms with E-state index in [1.165, 1.54) is 25.8 Å². The molecule has 2 bridgehead atoms. The summed E-state index contributed by atoms with van der Waals surface area (Å²) in [5.74, 6) is 1.81. The van der Waals surface area contributed by atoms with Gasteiger partial charge in [0, 0.05) is 12.6 Å². The molecule has 0 amide bonds. The largest absolute Gasteiger partial charge is 0.299 e. The molecule has 0 spiro atoms. The molecule has 0 aromatic carbocycles. The van der Waals surface area contributed by atoms with Gasteiger partial charge in [0.05, 0.1) is 0 Å². The van der Waals surface area contributed by atoms with Gasteiger partial charge in [-0.05, 0) is 31.7 Å². The van der Waals surface area contributed by atoms with Crippen LogP contribution < -0.4 is 0 Å². The van der Waals surface area contributed by atoms with E-state index in [4.69, 9.17) is 0 Å². The third-order valence-corrected chi connectivity index (χ3v) is 3.36. The molecule has 68 valence electrons. The van der Waals surface area contributed by atoms with Crippen molar-refractivity contribution in [2.75, 3.05) is 13.6 Å². The molecule has 3 rings (SSSR count). The zero-order valence-electron chi connectivity index (χ0n) is 8.16. The molecule has 0 aromatic rings. The third kappa shape index (κ3) is 1.31. The summed E-state index contributed by atoms with van der Waals surface area (Å²) >= 11 is 0. The van der Waals surface area contributed by atoms with Crippen LogP contribution in [0.3, 0.4) is 0 Å². The Labute approximate surface area is 75.4 Å². The lowest BCUT2D eigenvalue weighted by Gasteiger charge is -2.44. The quantitative estimate of drug-likeness (QED) is 0.567. The van der Waals surface area contributed by atoms with Gasteiger partial charge in [0.15, 0.2) is 0 Å². The number of fused-ring (bicyclic) bond motifs is 2. The maximum atomic E-state index is 2.52. The zero-order chi connectivity index (χ0) is 8.55. The van der Waals surface area contributed by atoms with E-state index in [2.05, 4.69) is 31.0 Å². The molecule has 0 radical (unpaired) electrons. The van der Waals surface area contributed by atoms with Crippen molar-refractivity contribution in [2.45, 2.75) is 32.2 Å². The lowest BCUT2D eigenvalue weighted by atomic mass is 9.76. The molecule has 1 heteroatoms. The summed E-state index contributed by atoms with van der Waals surface area (Å²) in [6.45, 7) is 3.59. The maximum absolute atomic E-state index is 2.52. The van der Waals surface area contributed by atoms with Crippen molar-refractivity contribution in [1.82, 2.24) is 4.90 Å². The van der Waals surface area contributed by atoms with Crippen molar-refractivity contribution in [3.05, 3.63) is 12.2 Å². The number of hydrogen-bond acceptors (Lipinski definition) is 1. The predicted octanol–water partition coefficient (Wildman–Crippen LogP) is 2.29. The molecule has 3 aliphatic rings. The minimum atomic E-state index is 0.759. The molecule has 0 N–H and O–H groups in total. The molecule has 1 nitrogen and oxygen atoms in total. The molecule has 12 heavy (non-hydrogen) atoms. The minimum Gasteiger partial charge on any atom is -0.299 e. The molecule has 2 aliphatic heterocycles. The molecule has 0 aromatic heterocycles. The van der Waals surface area contributed by atoms with Crippen LogP contribution in [0.25, 0.3) is 0 Å². The number of nitrogens with zero attached hydrogens (tertiary/aromatic N) is 1. The van der Waals surface area contributed by atoms with E-state index in [9.17, 15) is 0 Å². The van der Waals surface area contributed by atoms with Gasteiger partial charge in [-0.25, -0.2) is 0 Å². The van der Waals surface area contributed by atoms with Gasteiger partial charge in [-0.1, -0.05) is 25.5 Å². The highest BCUT2D eigenvalue weighted by atomic mass is 15.1. The predicted molar refractivity (Wildman–Crippen MR) is 52.1 cm³/mol. The average Bonchev–Trinajstić information content (AvgIpc) is 2.05. The van der Waals surface area contributed by atoms with E-state index in [0.29, 0.717) is 0 Å². The van der Waals surface area contributed by atoms with Crippen LogP contribution in [0.1, 0.15) is 26.2 Å². The van der Waals surface area contributed by atoms with Crippen molar-refractivity contribution < 1.29 is 0 Å². The molecular formula is C11H19N. The second-order valence-corrected chi connectivity index (χ2v) is 4.36. The van der Waals surface area contributed by atoms with Gasteiger partial charge in [-0.3, -0.25) is 4.90 Å². The highest BCUT2D eigenvalue weighted by molar-refractivity contribution is 5.10. The Morgan fingerprint density at radius 3 is 2.83 bits per heavy atom. The first-order valence-electron chi connectivity index (χ1n) is 5.20. The first kappa shape index (κ1) is 8.31. The van der Waals surface area contributed by atoms with E-state index in [1.807, 2.05) is 0 Å². The second-order valence-electron chi connectivity index (χ2n) is 4.36. The lowest BCUT2D eigenvalue weighted by molar-refractivity contribution is 0.104. The van der Waals surface area contributed by atoms with Crippen molar-refractivity contribution in [3.8, 4) is 0 Å². The summed E-state index contributed by atoms with van der Waals surface area (Å²) in [6.07, 6.45) is 9.06. The van der Waals surface area contributed by atoms with Gasteiger partial charge in [0.25, 0.3) is 0 Å². The van der Waals surface area contributed by atoms with E-state index in [-0.39, 0.29) is 0 Å². The van der Waals surface area contributed by atoms with Crippen LogP contribution in [0.5, 0.6) is 0 Å². The fraction of sp³-hybridized carbons (Fsp3) is 0.818. The standard InChI is InChI=1S/C11H19N/c1-3-4-10-7-9-5-6-11(10)12(2)8-9/h5-6,9-11H,3-4,7-8H2,1-2H3. The molecule has 2 heterocycles. The summed E-state index contributed by atoms with van der Waals surface area (Å²) in [7, 11) is 2.27. The summed E-state index contributed by atoms with van der Waals surface area (Å²) in [5, 5.41) is 0. The van der Waals surface area contributed by atoms with Crippen LogP contribution in [-0.2, 0) is 0 Å². The van der Waals surface area contributed by atoms with Gasteiger partial charge >= 0.3 is 0 Å². The molecular weight excluding hydrogens is 146 g/mol. The Balaban J connectivity index is 2.06. The van der Waals surface area contributed by atoms with Crippen LogP contribution >= 0.6 is 0 Å². The summed E-state index contributed by atoms with van der Waals surface area (Å²) in [5.41, 5.74) is 0. The maximum Gasteiger partial charge on any atom is 0.0303 e. The van der Waals surface area contributed by atoms with Gasteiger partial charge in [0.1, 0.15) is 0 Å². The van der Waals surface area contributed by atoms with Crippen LogP contribution in [0.2, 0.25) is 0 Å². The Hall–Kier alpha value is -0.300. The van der Waals surface area contributed by atoms with Crippen LogP contribution in [0.4, 0.5) is 0 Å². The third-order valence-electron chi connectivity index (χ3n) is 3.36. The van der Waals surface area contributed by atoms with Crippen LogP contribution in [0.15, 0.2) is 12.2 Å². The topological polar surface area (TPSA) is 3.24 Å². The Morgan fingerprint density at radius 1 is 1.42 bits per heavy atom. The van der Waals surface area contributed by atoms with Crippen molar-refractivity contribution in [2.24, 2.45) is 11.8 Å². The first-order chi connectivity index (χ1) is 5.81. The summed E-state index contributed by atoms with van der Waals surface area (Å²) < 4.78 is 0. The zero-order valence-corrected chi connectivity index (χ0v) is 8.16. The Kier molecular flexibility index (Phi) is 2.22. The van der Waals surface area contributed by atoms with Gasteiger partial charge in [-0.15, -0.1) is 0 Å². The van der Waals surface area contributed by atoms with E-state index in [1.54, 1.807) is 0 Å². The smallest absolute Gasteiger partial charge is 0.0303 e. The SMILES string of the molecule is CCCC1CC2C=CC1N(C)C2. The minimum absolute atomic E-state index is 0.759. The molecule has 1 aliphatic carbocycles. The number of piperidine rings is 1. The number of rotatable bonds is 2. The molecule has 3 unspecified atom stereocenters. The number of likely N-dealkylation sites (N-methyl/N-ethyl adjacent to an activating group) is 1. The van der Waals surface area contributed by atoms with E-state index >= 15 is 0 Å². The fourth-order valence-electron chi connectivity index (χ4n) is 2.83. The highest BCUT2D eigenvalue weighted by Crippen LogP contribution is 2.35. The van der Waals surface area contributed by atoms with E-state index in [0.717, 1.165) is 17.9 Å². The van der Waals surface area contributed by atoms with Gasteiger partial charge in [0.2, 0.25) is 0 Å². The van der Waals surface area contributed by atoms with Crippen molar-refractivity contribution in [1.29, 1.82) is 0 Å². The lowest BCUT2D eigenvalue weighted by Crippen LogP contribution is -2.48. The number of hydrogen-bond donors (Lipinski definition) is 0. The van der Waals surface area contributed by atoms with Crippen molar-refractivity contribution >= 4 is 0 Å². The molecule has 3 atom stereocenters. The monoisotopic (exact) mass is 165 g/mol. The molecule has 1 saturated heterocycles. The Morgan fingerprint density at radius 2 is 2.25 bits per heavy atom. The molecule has 0 saturated carbocycles. The van der Waals surface area contributed by atoms with E-state index < -0.39 is 0 Å². The fourth-order valence-corrected chi connectivity index (χ4v) is 2.83. The average molecular weight is 165 g/mol. The highest BCUT2D eigenvalue weighted by Gasteiger charge is 2.34. The normalized spacial score (nSPS) is 40.7.